The third-order valence-corrected chi connectivity index (χ3v) is 5.63. The largest absolute Gasteiger partial charge is 0.296 e. The third kappa shape index (κ3) is 3.66. The molecule has 8 heteroatoms. The summed E-state index contributed by atoms with van der Waals surface area (Å²) in [5.41, 5.74) is 1.65. The summed E-state index contributed by atoms with van der Waals surface area (Å²) in [6, 6.07) is 14.1. The van der Waals surface area contributed by atoms with E-state index in [1.807, 2.05) is 32.0 Å². The molecule has 0 unspecified atom stereocenters. The molecule has 0 bridgehead atoms. The maximum Gasteiger partial charge on any atom is 0.265 e. The number of para-hydroxylation sites is 1. The number of anilines is 1. The van der Waals surface area contributed by atoms with Gasteiger partial charge in [0, 0.05) is 11.5 Å². The molecule has 0 aliphatic rings. The normalized spacial score (nSPS) is 11.2. The van der Waals surface area contributed by atoms with Crippen molar-refractivity contribution in [3.05, 3.63) is 75.3 Å². The minimum absolute atomic E-state index is 0.139. The summed E-state index contributed by atoms with van der Waals surface area (Å²) in [5.74, 6) is 0.569. The lowest BCUT2D eigenvalue weighted by atomic mass is 10.2. The molecule has 0 atom stereocenters. The lowest BCUT2D eigenvalue weighted by Crippen LogP contribution is -2.22. The number of aryl methyl sites for hydroxylation is 1. The first-order chi connectivity index (χ1) is 13.9. The van der Waals surface area contributed by atoms with Crippen LogP contribution >= 0.6 is 11.3 Å². The lowest BCUT2D eigenvalue weighted by molar-refractivity contribution is 0.102. The van der Waals surface area contributed by atoms with Crippen LogP contribution in [0.4, 0.5) is 5.13 Å². The molecule has 1 amide bonds. The Bertz CT molecular complexity index is 1260. The number of hydrogen-bond acceptors (Lipinski definition) is 6. The van der Waals surface area contributed by atoms with Crippen molar-refractivity contribution >= 4 is 33.3 Å². The fourth-order valence-electron chi connectivity index (χ4n) is 3.00. The predicted octanol–water partition coefficient (Wildman–Crippen LogP) is 3.92. The highest BCUT2D eigenvalue weighted by molar-refractivity contribution is 7.15. The quantitative estimate of drug-likeness (QED) is 0.556. The van der Waals surface area contributed by atoms with Gasteiger partial charge in [-0.3, -0.25) is 19.5 Å². The number of carbonyl (C=O) groups is 1. The average Bonchev–Trinajstić information content (AvgIpc) is 3.17. The van der Waals surface area contributed by atoms with Gasteiger partial charge in [0.1, 0.15) is 10.8 Å². The standard InChI is InChI=1S/C21H19N5O2S/c1-12(2)19-24-25-21(29-19)23-18(27)14-8-10-15(11-9-14)26-13(3)22-17-7-5-4-6-16(17)20(26)28/h4-12H,1-3H3,(H,23,25,27). The van der Waals surface area contributed by atoms with Gasteiger partial charge < -0.3 is 0 Å². The second-order valence-corrected chi connectivity index (χ2v) is 7.93. The van der Waals surface area contributed by atoms with Crippen molar-refractivity contribution in [2.45, 2.75) is 26.7 Å². The van der Waals surface area contributed by atoms with Crippen LogP contribution in [-0.2, 0) is 0 Å². The van der Waals surface area contributed by atoms with Gasteiger partial charge in [-0.25, -0.2) is 4.98 Å². The fraction of sp³-hybridized carbons (Fsp3) is 0.190. The van der Waals surface area contributed by atoms with Gasteiger partial charge in [0.05, 0.1) is 16.6 Å². The van der Waals surface area contributed by atoms with Crippen LogP contribution < -0.4 is 10.9 Å². The molecule has 0 saturated heterocycles. The molecule has 2 heterocycles. The van der Waals surface area contributed by atoms with Crippen LogP contribution in [0.1, 0.15) is 41.0 Å². The van der Waals surface area contributed by atoms with Crippen molar-refractivity contribution in [3.8, 4) is 5.69 Å². The first-order valence-electron chi connectivity index (χ1n) is 9.17. The van der Waals surface area contributed by atoms with E-state index in [1.165, 1.54) is 11.3 Å². The van der Waals surface area contributed by atoms with E-state index >= 15 is 0 Å². The summed E-state index contributed by atoms with van der Waals surface area (Å²) in [5, 5.41) is 12.7. The van der Waals surface area contributed by atoms with Crippen molar-refractivity contribution in [3.63, 3.8) is 0 Å². The van der Waals surface area contributed by atoms with Crippen molar-refractivity contribution in [2.24, 2.45) is 0 Å². The molecule has 29 heavy (non-hydrogen) atoms. The zero-order valence-corrected chi connectivity index (χ0v) is 17.0. The van der Waals surface area contributed by atoms with E-state index in [0.29, 0.717) is 33.1 Å². The summed E-state index contributed by atoms with van der Waals surface area (Å²) < 4.78 is 1.55. The van der Waals surface area contributed by atoms with Gasteiger partial charge in [-0.2, -0.15) is 0 Å². The zero-order valence-electron chi connectivity index (χ0n) is 16.2. The lowest BCUT2D eigenvalue weighted by Gasteiger charge is -2.11. The minimum Gasteiger partial charge on any atom is -0.296 e. The summed E-state index contributed by atoms with van der Waals surface area (Å²) in [6.45, 7) is 5.84. The maximum atomic E-state index is 12.9. The Kier molecular flexibility index (Phi) is 4.94. The Hall–Kier alpha value is -3.39. The van der Waals surface area contributed by atoms with Crippen LogP contribution in [0.15, 0.2) is 53.3 Å². The molecule has 4 rings (SSSR count). The summed E-state index contributed by atoms with van der Waals surface area (Å²) in [4.78, 5) is 29.9. The first kappa shape index (κ1) is 18.9. The smallest absolute Gasteiger partial charge is 0.265 e. The van der Waals surface area contributed by atoms with E-state index in [0.717, 1.165) is 5.01 Å². The highest BCUT2D eigenvalue weighted by atomic mass is 32.1. The Labute approximate surface area is 171 Å². The molecular formula is C21H19N5O2S. The summed E-state index contributed by atoms with van der Waals surface area (Å²) >= 11 is 1.36. The van der Waals surface area contributed by atoms with E-state index < -0.39 is 0 Å². The number of fused-ring (bicyclic) bond motifs is 1. The minimum atomic E-state index is -0.274. The Balaban J connectivity index is 1.62. The molecule has 2 aromatic heterocycles. The second kappa shape index (κ2) is 7.56. The van der Waals surface area contributed by atoms with Crippen LogP contribution in [0, 0.1) is 6.92 Å². The van der Waals surface area contributed by atoms with Gasteiger partial charge in [-0.1, -0.05) is 37.3 Å². The monoisotopic (exact) mass is 405 g/mol. The third-order valence-electron chi connectivity index (χ3n) is 4.49. The van der Waals surface area contributed by atoms with E-state index in [-0.39, 0.29) is 17.4 Å². The van der Waals surface area contributed by atoms with Gasteiger partial charge >= 0.3 is 0 Å². The number of aromatic nitrogens is 4. The molecule has 0 saturated carbocycles. The average molecular weight is 405 g/mol. The first-order valence-corrected chi connectivity index (χ1v) is 9.99. The molecule has 1 N–H and O–H groups in total. The van der Waals surface area contributed by atoms with E-state index in [1.54, 1.807) is 41.8 Å². The van der Waals surface area contributed by atoms with Gasteiger partial charge in [0.15, 0.2) is 0 Å². The fourth-order valence-corrected chi connectivity index (χ4v) is 3.74. The van der Waals surface area contributed by atoms with Crippen molar-refractivity contribution in [1.82, 2.24) is 19.7 Å². The molecular weight excluding hydrogens is 386 g/mol. The van der Waals surface area contributed by atoms with Crippen molar-refractivity contribution < 1.29 is 4.79 Å². The Morgan fingerprint density at radius 3 is 2.48 bits per heavy atom. The Morgan fingerprint density at radius 2 is 1.79 bits per heavy atom. The number of nitrogens with zero attached hydrogens (tertiary/aromatic N) is 4. The molecule has 146 valence electrons. The van der Waals surface area contributed by atoms with Gasteiger partial charge in [-0.05, 0) is 43.3 Å². The number of hydrogen-bond donors (Lipinski definition) is 1. The number of benzene rings is 2. The molecule has 0 aliphatic carbocycles. The van der Waals surface area contributed by atoms with Gasteiger partial charge in [-0.15, -0.1) is 10.2 Å². The zero-order chi connectivity index (χ0) is 20.5. The van der Waals surface area contributed by atoms with E-state index in [2.05, 4.69) is 20.5 Å². The molecule has 0 spiro atoms. The van der Waals surface area contributed by atoms with Crippen LogP contribution in [0.25, 0.3) is 16.6 Å². The van der Waals surface area contributed by atoms with E-state index in [9.17, 15) is 9.59 Å². The number of nitrogens with one attached hydrogen (secondary N) is 1. The van der Waals surface area contributed by atoms with Crippen LogP contribution in [0.2, 0.25) is 0 Å². The van der Waals surface area contributed by atoms with Crippen LogP contribution in [0.3, 0.4) is 0 Å². The van der Waals surface area contributed by atoms with Crippen LogP contribution in [-0.4, -0.2) is 25.7 Å². The van der Waals surface area contributed by atoms with E-state index in [4.69, 9.17) is 0 Å². The molecule has 0 aliphatic heterocycles. The maximum absolute atomic E-state index is 12.9. The predicted molar refractivity (Wildman–Crippen MR) is 114 cm³/mol. The highest BCUT2D eigenvalue weighted by Gasteiger charge is 2.13. The van der Waals surface area contributed by atoms with Gasteiger partial charge in [0.2, 0.25) is 5.13 Å². The van der Waals surface area contributed by atoms with Crippen LogP contribution in [0.5, 0.6) is 0 Å². The number of carbonyl (C=O) groups excluding carboxylic acids is 1. The molecule has 2 aromatic carbocycles. The summed E-state index contributed by atoms with van der Waals surface area (Å²) in [7, 11) is 0. The SMILES string of the molecule is Cc1nc2ccccc2c(=O)n1-c1ccc(C(=O)Nc2nnc(C(C)C)s2)cc1. The van der Waals surface area contributed by atoms with Gasteiger partial charge in [0.25, 0.3) is 11.5 Å². The topological polar surface area (TPSA) is 89.8 Å². The number of rotatable bonds is 4. The molecule has 7 nitrogen and oxygen atoms in total. The highest BCUT2D eigenvalue weighted by Crippen LogP contribution is 2.23. The molecule has 0 fully saturated rings. The van der Waals surface area contributed by atoms with Crippen molar-refractivity contribution in [1.29, 1.82) is 0 Å². The summed E-state index contributed by atoms with van der Waals surface area (Å²) in [6.07, 6.45) is 0. The molecule has 4 aromatic rings. The number of amides is 1. The Morgan fingerprint density at radius 1 is 1.07 bits per heavy atom. The molecule has 0 radical (unpaired) electrons. The van der Waals surface area contributed by atoms with Crippen molar-refractivity contribution in [2.75, 3.05) is 5.32 Å². The second-order valence-electron chi connectivity index (χ2n) is 6.92.